The molecule has 0 heterocycles. The SMILES string of the molecule is COCCNC(=O)[C@@H](c1ccccc1)N(Cc1ccccc1)C(=O)CN(C)S(C)(=O)=O. The van der Waals surface area contributed by atoms with Gasteiger partial charge in [-0.15, -0.1) is 0 Å². The van der Waals surface area contributed by atoms with Gasteiger partial charge in [-0.25, -0.2) is 8.42 Å². The minimum Gasteiger partial charge on any atom is -0.383 e. The van der Waals surface area contributed by atoms with E-state index in [1.807, 2.05) is 36.4 Å². The van der Waals surface area contributed by atoms with Crippen LogP contribution in [0.2, 0.25) is 0 Å². The number of methoxy groups -OCH3 is 1. The zero-order valence-corrected chi connectivity index (χ0v) is 18.8. The molecule has 2 aromatic rings. The zero-order chi connectivity index (χ0) is 22.9. The highest BCUT2D eigenvalue weighted by Gasteiger charge is 2.32. The van der Waals surface area contributed by atoms with E-state index in [1.165, 1.54) is 19.1 Å². The van der Waals surface area contributed by atoms with Crippen molar-refractivity contribution in [2.45, 2.75) is 12.6 Å². The van der Waals surface area contributed by atoms with E-state index in [9.17, 15) is 18.0 Å². The van der Waals surface area contributed by atoms with E-state index in [1.54, 1.807) is 24.3 Å². The predicted molar refractivity (Wildman–Crippen MR) is 119 cm³/mol. The van der Waals surface area contributed by atoms with Gasteiger partial charge in [-0.05, 0) is 11.1 Å². The quantitative estimate of drug-likeness (QED) is 0.526. The molecule has 0 saturated heterocycles. The molecule has 0 bridgehead atoms. The topological polar surface area (TPSA) is 96.0 Å². The number of hydrogen-bond donors (Lipinski definition) is 1. The van der Waals surface area contributed by atoms with Gasteiger partial charge >= 0.3 is 0 Å². The van der Waals surface area contributed by atoms with Crippen molar-refractivity contribution in [2.24, 2.45) is 0 Å². The van der Waals surface area contributed by atoms with Crippen molar-refractivity contribution < 1.29 is 22.7 Å². The Morgan fingerprint density at radius 1 is 1.03 bits per heavy atom. The van der Waals surface area contributed by atoms with Gasteiger partial charge in [0.25, 0.3) is 0 Å². The highest BCUT2D eigenvalue weighted by Crippen LogP contribution is 2.24. The minimum absolute atomic E-state index is 0.147. The van der Waals surface area contributed by atoms with E-state index in [0.717, 1.165) is 16.1 Å². The maximum atomic E-state index is 13.3. The molecule has 1 N–H and O–H groups in total. The van der Waals surface area contributed by atoms with E-state index in [-0.39, 0.29) is 25.5 Å². The molecule has 0 saturated carbocycles. The molecule has 1 atom stereocenters. The van der Waals surface area contributed by atoms with Crippen molar-refractivity contribution in [1.29, 1.82) is 0 Å². The van der Waals surface area contributed by atoms with Crippen molar-refractivity contribution >= 4 is 21.8 Å². The van der Waals surface area contributed by atoms with Gasteiger partial charge in [0, 0.05) is 27.2 Å². The summed E-state index contributed by atoms with van der Waals surface area (Å²) < 4.78 is 29.7. The van der Waals surface area contributed by atoms with Crippen LogP contribution >= 0.6 is 0 Å². The van der Waals surface area contributed by atoms with E-state index >= 15 is 0 Å². The van der Waals surface area contributed by atoms with Crippen molar-refractivity contribution in [1.82, 2.24) is 14.5 Å². The summed E-state index contributed by atoms with van der Waals surface area (Å²) in [5, 5.41) is 2.80. The summed E-state index contributed by atoms with van der Waals surface area (Å²) >= 11 is 0. The molecule has 0 unspecified atom stereocenters. The van der Waals surface area contributed by atoms with Gasteiger partial charge in [0.15, 0.2) is 0 Å². The summed E-state index contributed by atoms with van der Waals surface area (Å²) in [6, 6.07) is 17.3. The van der Waals surface area contributed by atoms with Crippen LogP contribution in [-0.2, 0) is 30.9 Å². The first-order valence-corrected chi connectivity index (χ1v) is 11.6. The molecule has 0 aromatic heterocycles. The molecule has 0 aliphatic heterocycles. The van der Waals surface area contributed by atoms with Crippen molar-refractivity contribution in [3.8, 4) is 0 Å². The summed E-state index contributed by atoms with van der Waals surface area (Å²) in [7, 11) is -0.691. The number of rotatable bonds is 11. The van der Waals surface area contributed by atoms with Crippen LogP contribution in [-0.4, -0.2) is 69.5 Å². The Kier molecular flexibility index (Phi) is 9.17. The van der Waals surface area contributed by atoms with Crippen LogP contribution in [0.1, 0.15) is 17.2 Å². The van der Waals surface area contributed by atoms with Crippen molar-refractivity contribution in [3.05, 3.63) is 71.8 Å². The standard InChI is InChI=1S/C22H29N3O5S/c1-24(31(3,28)29)17-20(26)25(16-18-10-6-4-7-11-18)21(19-12-8-5-9-13-19)22(27)23-14-15-30-2/h4-13,21H,14-17H2,1-3H3,(H,23,27)/t21-/m1/s1. The molecular weight excluding hydrogens is 418 g/mol. The molecule has 2 amide bonds. The fraction of sp³-hybridized carbons (Fsp3) is 0.364. The van der Waals surface area contributed by atoms with Crippen LogP contribution in [0.5, 0.6) is 0 Å². The van der Waals surface area contributed by atoms with Gasteiger partial charge in [0.05, 0.1) is 19.4 Å². The number of amides is 2. The molecular formula is C22H29N3O5S. The molecule has 0 spiro atoms. The third kappa shape index (κ3) is 7.46. The number of benzene rings is 2. The van der Waals surface area contributed by atoms with Gasteiger partial charge in [-0.3, -0.25) is 9.59 Å². The van der Waals surface area contributed by atoms with E-state index < -0.39 is 22.0 Å². The summed E-state index contributed by atoms with van der Waals surface area (Å²) in [6.07, 6.45) is 1.04. The van der Waals surface area contributed by atoms with Crippen LogP contribution in [0.3, 0.4) is 0 Å². The molecule has 31 heavy (non-hydrogen) atoms. The Hall–Kier alpha value is -2.75. The second-order valence-electron chi connectivity index (χ2n) is 7.12. The summed E-state index contributed by atoms with van der Waals surface area (Å²) in [4.78, 5) is 27.8. The molecule has 2 aromatic carbocycles. The number of ether oxygens (including phenoxy) is 1. The highest BCUT2D eigenvalue weighted by molar-refractivity contribution is 7.88. The second-order valence-corrected chi connectivity index (χ2v) is 9.21. The van der Waals surface area contributed by atoms with E-state index in [0.29, 0.717) is 12.2 Å². The normalized spacial score (nSPS) is 12.4. The smallest absolute Gasteiger partial charge is 0.247 e. The first-order chi connectivity index (χ1) is 14.7. The minimum atomic E-state index is -3.56. The third-order valence-corrected chi connectivity index (χ3v) is 5.98. The molecule has 8 nitrogen and oxygen atoms in total. The van der Waals surface area contributed by atoms with Crippen LogP contribution in [0.15, 0.2) is 60.7 Å². The molecule has 0 aliphatic carbocycles. The summed E-state index contributed by atoms with van der Waals surface area (Å²) in [5.41, 5.74) is 1.45. The average Bonchev–Trinajstić information content (AvgIpc) is 2.74. The largest absolute Gasteiger partial charge is 0.383 e. The van der Waals surface area contributed by atoms with Crippen molar-refractivity contribution in [2.75, 3.05) is 40.1 Å². The van der Waals surface area contributed by atoms with Gasteiger partial charge in [-0.1, -0.05) is 60.7 Å². The maximum Gasteiger partial charge on any atom is 0.247 e. The third-order valence-electron chi connectivity index (χ3n) is 4.72. The number of carbonyl (C=O) groups excluding carboxylic acids is 2. The lowest BCUT2D eigenvalue weighted by Gasteiger charge is -2.32. The number of hydrogen-bond acceptors (Lipinski definition) is 5. The Labute approximate surface area is 183 Å². The van der Waals surface area contributed by atoms with Gasteiger partial charge in [0.1, 0.15) is 6.04 Å². The van der Waals surface area contributed by atoms with Crippen molar-refractivity contribution in [3.63, 3.8) is 0 Å². The number of nitrogens with one attached hydrogen (secondary N) is 1. The Bertz CT molecular complexity index is 952. The average molecular weight is 448 g/mol. The van der Waals surface area contributed by atoms with Crippen LogP contribution in [0.25, 0.3) is 0 Å². The lowest BCUT2D eigenvalue weighted by molar-refractivity contribution is -0.141. The van der Waals surface area contributed by atoms with Gasteiger partial charge in [-0.2, -0.15) is 4.31 Å². The second kappa shape index (κ2) is 11.6. The van der Waals surface area contributed by atoms with Gasteiger partial charge in [0.2, 0.25) is 21.8 Å². The van der Waals surface area contributed by atoms with E-state index in [4.69, 9.17) is 4.74 Å². The Morgan fingerprint density at radius 2 is 1.61 bits per heavy atom. The Morgan fingerprint density at radius 3 is 2.16 bits per heavy atom. The molecule has 9 heteroatoms. The highest BCUT2D eigenvalue weighted by atomic mass is 32.2. The van der Waals surface area contributed by atoms with Gasteiger partial charge < -0.3 is 15.0 Å². The van der Waals surface area contributed by atoms with Crippen LogP contribution in [0, 0.1) is 0 Å². The Balaban J connectivity index is 2.43. The summed E-state index contributed by atoms with van der Waals surface area (Å²) in [5.74, 6) is -0.845. The van der Waals surface area contributed by atoms with Crippen LogP contribution in [0.4, 0.5) is 0 Å². The van der Waals surface area contributed by atoms with E-state index in [2.05, 4.69) is 5.32 Å². The molecule has 0 aliphatic rings. The first-order valence-electron chi connectivity index (χ1n) is 9.80. The fourth-order valence-corrected chi connectivity index (χ4v) is 3.33. The fourth-order valence-electron chi connectivity index (χ4n) is 2.98. The summed E-state index contributed by atoms with van der Waals surface area (Å²) in [6.45, 7) is 0.390. The number of carbonyl (C=O) groups is 2. The monoisotopic (exact) mass is 447 g/mol. The number of sulfonamides is 1. The number of likely N-dealkylation sites (N-methyl/N-ethyl adjacent to an activating group) is 1. The molecule has 0 radical (unpaired) electrons. The van der Waals surface area contributed by atoms with Crippen LogP contribution < -0.4 is 5.32 Å². The zero-order valence-electron chi connectivity index (χ0n) is 18.0. The lowest BCUT2D eigenvalue weighted by Crippen LogP contribution is -2.47. The lowest BCUT2D eigenvalue weighted by atomic mass is 10.0. The maximum absolute atomic E-state index is 13.3. The molecule has 0 fully saturated rings. The number of nitrogens with zero attached hydrogens (tertiary/aromatic N) is 2. The molecule has 2 rings (SSSR count). The predicted octanol–water partition coefficient (Wildman–Crippen LogP) is 1.41. The first kappa shape index (κ1) is 24.5. The molecule has 168 valence electrons.